The average molecular weight is 795 g/mol. The van der Waals surface area contributed by atoms with Gasteiger partial charge in [0.25, 0.3) is 0 Å². The first-order valence-corrected chi connectivity index (χ1v) is 23.7. The van der Waals surface area contributed by atoms with Crippen LogP contribution in [0.3, 0.4) is 0 Å². The molecule has 0 bridgehead atoms. The Balaban J connectivity index is 4.27. The maximum Gasteiger partial charge on any atom is 0.362 e. The Morgan fingerprint density at radius 1 is 0.518 bits per heavy atom. The van der Waals surface area contributed by atoms with E-state index in [1.54, 1.807) is 0 Å². The van der Waals surface area contributed by atoms with Gasteiger partial charge in [0.15, 0.2) is 12.1 Å². The SMILES string of the molecule is CCCCCCCC/C=C\CCCCCCCC(=O)OC(COCCC(C(=O)O)[N+](C)(C)C)COC(=O)CCCCCCCCCCCCCCCCCCC. The minimum absolute atomic E-state index is 0.0480. The van der Waals surface area contributed by atoms with Gasteiger partial charge in [-0.3, -0.25) is 9.59 Å². The van der Waals surface area contributed by atoms with Crippen molar-refractivity contribution in [1.29, 1.82) is 0 Å². The van der Waals surface area contributed by atoms with Gasteiger partial charge in [-0.05, 0) is 38.5 Å². The number of likely N-dealkylation sites (N-methyl/N-ethyl adjacent to an activating group) is 1. The van der Waals surface area contributed by atoms with Crippen molar-refractivity contribution < 1.29 is 38.2 Å². The van der Waals surface area contributed by atoms with E-state index in [1.807, 2.05) is 21.1 Å². The molecule has 0 amide bonds. The van der Waals surface area contributed by atoms with Crippen molar-refractivity contribution in [3.63, 3.8) is 0 Å². The first-order valence-electron chi connectivity index (χ1n) is 23.7. The number of carbonyl (C=O) groups excluding carboxylic acids is 2. The first kappa shape index (κ1) is 54.1. The van der Waals surface area contributed by atoms with E-state index in [1.165, 1.54) is 141 Å². The van der Waals surface area contributed by atoms with Gasteiger partial charge in [0.05, 0.1) is 34.4 Å². The van der Waals surface area contributed by atoms with Crippen LogP contribution in [0.15, 0.2) is 12.2 Å². The number of quaternary nitrogens is 1. The normalized spacial score (nSPS) is 12.9. The van der Waals surface area contributed by atoms with Crippen molar-refractivity contribution in [3.05, 3.63) is 12.2 Å². The van der Waals surface area contributed by atoms with E-state index in [4.69, 9.17) is 14.2 Å². The lowest BCUT2D eigenvalue weighted by molar-refractivity contribution is -0.887. The molecular weight excluding hydrogens is 703 g/mol. The molecule has 0 fully saturated rings. The van der Waals surface area contributed by atoms with Gasteiger partial charge in [-0.1, -0.05) is 180 Å². The van der Waals surface area contributed by atoms with Crippen LogP contribution in [0.25, 0.3) is 0 Å². The third-order valence-corrected chi connectivity index (χ3v) is 10.9. The average Bonchev–Trinajstić information content (AvgIpc) is 3.15. The van der Waals surface area contributed by atoms with E-state index in [-0.39, 0.29) is 36.2 Å². The number of carboxylic acid groups (broad SMARTS) is 1. The number of unbranched alkanes of at least 4 members (excludes halogenated alkanes) is 27. The Bertz CT molecular complexity index is 931. The standard InChI is InChI=1S/C48H91NO7/c1-6-8-10-12-14-16-18-20-22-23-25-26-28-30-32-34-36-38-46(50)55-43-44(42-54-41-40-45(48(52)53)49(3,4)5)56-47(51)39-37-35-33-31-29-27-24-21-19-17-15-13-11-9-7-2/h21,24,44-45H,6-20,22-23,25-43H2,1-5H3/p+1/b24-21-. The van der Waals surface area contributed by atoms with Crippen molar-refractivity contribution in [2.45, 2.75) is 238 Å². The second-order valence-electron chi connectivity index (χ2n) is 17.4. The summed E-state index contributed by atoms with van der Waals surface area (Å²) in [5.41, 5.74) is 0. The molecule has 0 aromatic heterocycles. The Kier molecular flexibility index (Phi) is 38.5. The molecule has 56 heavy (non-hydrogen) atoms. The quantitative estimate of drug-likeness (QED) is 0.0284. The van der Waals surface area contributed by atoms with Crippen LogP contribution in [0.5, 0.6) is 0 Å². The zero-order valence-electron chi connectivity index (χ0n) is 37.6. The Labute approximate surface area is 346 Å². The first-order chi connectivity index (χ1) is 27.1. The molecule has 2 atom stereocenters. The van der Waals surface area contributed by atoms with Gasteiger partial charge in [0.1, 0.15) is 6.61 Å². The third-order valence-electron chi connectivity index (χ3n) is 10.9. The molecule has 0 saturated carbocycles. The molecule has 1 N–H and O–H groups in total. The molecule has 0 saturated heterocycles. The van der Waals surface area contributed by atoms with Gasteiger partial charge >= 0.3 is 17.9 Å². The summed E-state index contributed by atoms with van der Waals surface area (Å²) in [5.74, 6) is -1.46. The summed E-state index contributed by atoms with van der Waals surface area (Å²) in [6.45, 7) is 4.76. The molecule has 0 rings (SSSR count). The number of rotatable bonds is 43. The number of ether oxygens (including phenoxy) is 3. The molecule has 8 nitrogen and oxygen atoms in total. The monoisotopic (exact) mass is 795 g/mol. The molecular formula is C48H92NO7+. The number of aliphatic carboxylic acids is 1. The fourth-order valence-corrected chi connectivity index (χ4v) is 7.21. The molecule has 330 valence electrons. The summed E-state index contributed by atoms with van der Waals surface area (Å²) < 4.78 is 17.3. The fourth-order valence-electron chi connectivity index (χ4n) is 7.21. The van der Waals surface area contributed by atoms with Crippen LogP contribution in [0.4, 0.5) is 0 Å². The Morgan fingerprint density at radius 2 is 0.893 bits per heavy atom. The summed E-state index contributed by atoms with van der Waals surface area (Å²) in [5, 5.41) is 9.63. The number of nitrogens with zero attached hydrogens (tertiary/aromatic N) is 1. The second kappa shape index (κ2) is 39.9. The third kappa shape index (κ3) is 37.6. The smallest absolute Gasteiger partial charge is 0.362 e. The van der Waals surface area contributed by atoms with Crippen LogP contribution in [0.1, 0.15) is 226 Å². The summed E-state index contributed by atoms with van der Waals surface area (Å²) in [4.78, 5) is 37.0. The van der Waals surface area contributed by atoms with Gasteiger partial charge in [-0.25, -0.2) is 4.79 Å². The van der Waals surface area contributed by atoms with Crippen LogP contribution in [-0.4, -0.2) is 80.6 Å². The minimum atomic E-state index is -0.873. The fraction of sp³-hybridized carbons (Fsp3) is 0.896. The zero-order chi connectivity index (χ0) is 41.4. The lowest BCUT2D eigenvalue weighted by Crippen LogP contribution is -2.50. The van der Waals surface area contributed by atoms with Gasteiger partial charge in [-0.2, -0.15) is 0 Å². The number of hydrogen-bond acceptors (Lipinski definition) is 6. The summed E-state index contributed by atoms with van der Waals surface area (Å²) in [6.07, 6.45) is 42.5. The Morgan fingerprint density at radius 3 is 1.29 bits per heavy atom. The van der Waals surface area contributed by atoms with Gasteiger partial charge in [-0.15, -0.1) is 0 Å². The molecule has 0 aliphatic heterocycles. The molecule has 0 aromatic carbocycles. The van der Waals surface area contributed by atoms with Crippen molar-refractivity contribution in [2.75, 3.05) is 41.0 Å². The van der Waals surface area contributed by atoms with Gasteiger partial charge < -0.3 is 23.8 Å². The van der Waals surface area contributed by atoms with Crippen LogP contribution >= 0.6 is 0 Å². The van der Waals surface area contributed by atoms with Crippen molar-refractivity contribution in [1.82, 2.24) is 0 Å². The minimum Gasteiger partial charge on any atom is -0.477 e. The number of hydrogen-bond donors (Lipinski definition) is 1. The molecule has 0 aliphatic rings. The highest BCUT2D eigenvalue weighted by Crippen LogP contribution is 2.16. The van der Waals surface area contributed by atoms with E-state index in [0.29, 0.717) is 19.3 Å². The van der Waals surface area contributed by atoms with Crippen LogP contribution < -0.4 is 0 Å². The van der Waals surface area contributed by atoms with Crippen LogP contribution in [0, 0.1) is 0 Å². The summed E-state index contributed by atoms with van der Waals surface area (Å²) in [6, 6.07) is -0.612. The van der Waals surface area contributed by atoms with E-state index in [0.717, 1.165) is 51.4 Å². The Hall–Kier alpha value is -1.93. The van der Waals surface area contributed by atoms with Gasteiger partial charge in [0, 0.05) is 19.3 Å². The molecule has 8 heteroatoms. The molecule has 0 heterocycles. The number of carbonyl (C=O) groups is 3. The van der Waals surface area contributed by atoms with Crippen molar-refractivity contribution in [2.24, 2.45) is 0 Å². The molecule has 0 aromatic rings. The largest absolute Gasteiger partial charge is 0.477 e. The number of carboxylic acids is 1. The number of allylic oxidation sites excluding steroid dienone is 2. The molecule has 0 aliphatic carbocycles. The van der Waals surface area contributed by atoms with E-state index in [2.05, 4.69) is 26.0 Å². The highest BCUT2D eigenvalue weighted by molar-refractivity contribution is 5.72. The maximum atomic E-state index is 12.7. The molecule has 0 radical (unpaired) electrons. The number of esters is 2. The zero-order valence-corrected chi connectivity index (χ0v) is 37.6. The maximum absolute atomic E-state index is 12.7. The predicted octanol–water partition coefficient (Wildman–Crippen LogP) is 13.1. The van der Waals surface area contributed by atoms with Gasteiger partial charge in [0.2, 0.25) is 0 Å². The topological polar surface area (TPSA) is 99.1 Å². The summed E-state index contributed by atoms with van der Waals surface area (Å²) >= 11 is 0. The van der Waals surface area contributed by atoms with E-state index >= 15 is 0 Å². The van der Waals surface area contributed by atoms with Crippen molar-refractivity contribution in [3.8, 4) is 0 Å². The van der Waals surface area contributed by atoms with Crippen molar-refractivity contribution >= 4 is 17.9 Å². The molecule has 2 unspecified atom stereocenters. The highest BCUT2D eigenvalue weighted by atomic mass is 16.6. The van der Waals surface area contributed by atoms with E-state index in [9.17, 15) is 19.5 Å². The summed E-state index contributed by atoms with van der Waals surface area (Å²) in [7, 11) is 5.54. The highest BCUT2D eigenvalue weighted by Gasteiger charge is 2.31. The van der Waals surface area contributed by atoms with Crippen LogP contribution in [-0.2, 0) is 28.6 Å². The lowest BCUT2D eigenvalue weighted by atomic mass is 10.0. The molecule has 0 spiro atoms. The lowest BCUT2D eigenvalue weighted by Gasteiger charge is -2.31. The van der Waals surface area contributed by atoms with Crippen LogP contribution in [0.2, 0.25) is 0 Å². The predicted molar refractivity (Wildman–Crippen MR) is 234 cm³/mol. The van der Waals surface area contributed by atoms with E-state index < -0.39 is 18.1 Å². The second-order valence-corrected chi connectivity index (χ2v) is 17.4.